The second-order valence-electron chi connectivity index (χ2n) is 4.67. The molecule has 0 spiro atoms. The van der Waals surface area contributed by atoms with Gasteiger partial charge >= 0.3 is 0 Å². The van der Waals surface area contributed by atoms with Crippen LogP contribution >= 0.6 is 22.9 Å². The number of hydrogen-bond acceptors (Lipinski definition) is 3. The molecular formula is C14H13ClN2OS. The maximum atomic E-state index is 11.9. The van der Waals surface area contributed by atoms with Crippen molar-refractivity contribution in [1.29, 1.82) is 0 Å². The molecule has 2 aromatic rings. The minimum Gasteiger partial charge on any atom is -0.302 e. The summed E-state index contributed by atoms with van der Waals surface area (Å²) in [5.74, 6) is 0.537. The van der Waals surface area contributed by atoms with Crippen LogP contribution in [0.25, 0.3) is 0 Å². The fourth-order valence-corrected chi connectivity index (χ4v) is 2.90. The monoisotopic (exact) mass is 292 g/mol. The number of halogens is 1. The van der Waals surface area contributed by atoms with Crippen LogP contribution in [0.2, 0.25) is 5.02 Å². The molecule has 1 aromatic carbocycles. The van der Waals surface area contributed by atoms with E-state index in [9.17, 15) is 4.79 Å². The number of nitrogens with one attached hydrogen (secondary N) is 1. The lowest BCUT2D eigenvalue weighted by molar-refractivity contribution is -0.115. The molecule has 0 radical (unpaired) electrons. The number of hydrogen-bond donors (Lipinski definition) is 1. The van der Waals surface area contributed by atoms with Crippen molar-refractivity contribution in [2.75, 3.05) is 5.32 Å². The summed E-state index contributed by atoms with van der Waals surface area (Å²) in [4.78, 5) is 16.4. The van der Waals surface area contributed by atoms with Crippen molar-refractivity contribution in [3.05, 3.63) is 45.9 Å². The van der Waals surface area contributed by atoms with Crippen molar-refractivity contribution in [3.8, 4) is 0 Å². The van der Waals surface area contributed by atoms with E-state index in [0.717, 1.165) is 11.3 Å². The van der Waals surface area contributed by atoms with E-state index < -0.39 is 0 Å². The van der Waals surface area contributed by atoms with Crippen LogP contribution in [-0.4, -0.2) is 10.9 Å². The molecule has 1 aliphatic carbocycles. The van der Waals surface area contributed by atoms with Gasteiger partial charge in [-0.1, -0.05) is 29.8 Å². The number of carbonyl (C=O) groups is 1. The molecule has 1 aliphatic rings. The number of aromatic nitrogens is 1. The lowest BCUT2D eigenvalue weighted by Gasteiger charge is -2.03. The topological polar surface area (TPSA) is 42.0 Å². The predicted octanol–water partition coefficient (Wildman–Crippen LogP) is 3.86. The van der Waals surface area contributed by atoms with Crippen LogP contribution in [0.4, 0.5) is 5.13 Å². The molecule has 5 heteroatoms. The number of carbonyl (C=O) groups excluding carboxylic acids is 1. The third kappa shape index (κ3) is 3.14. The summed E-state index contributed by atoms with van der Waals surface area (Å²) < 4.78 is 0. The Labute approximate surface area is 120 Å². The quantitative estimate of drug-likeness (QED) is 0.930. The van der Waals surface area contributed by atoms with Gasteiger partial charge in [0.2, 0.25) is 5.91 Å². The molecular weight excluding hydrogens is 280 g/mol. The van der Waals surface area contributed by atoms with E-state index in [2.05, 4.69) is 10.3 Å². The minimum absolute atomic E-state index is 0.0789. The second kappa shape index (κ2) is 5.31. The molecule has 0 unspecified atom stereocenters. The number of anilines is 1. The highest BCUT2D eigenvalue weighted by atomic mass is 35.5. The van der Waals surface area contributed by atoms with Crippen molar-refractivity contribution in [2.45, 2.75) is 25.2 Å². The maximum Gasteiger partial charge on any atom is 0.230 e. The summed E-state index contributed by atoms with van der Waals surface area (Å²) in [6, 6.07) is 7.38. The van der Waals surface area contributed by atoms with Crippen molar-refractivity contribution < 1.29 is 4.79 Å². The second-order valence-corrected chi connectivity index (χ2v) is 5.93. The number of rotatable bonds is 4. The molecule has 1 fully saturated rings. The van der Waals surface area contributed by atoms with E-state index in [1.165, 1.54) is 24.2 Å². The highest BCUT2D eigenvalue weighted by Crippen LogP contribution is 2.40. The Morgan fingerprint density at radius 1 is 1.42 bits per heavy atom. The van der Waals surface area contributed by atoms with Crippen LogP contribution < -0.4 is 5.32 Å². The van der Waals surface area contributed by atoms with Gasteiger partial charge in [0.1, 0.15) is 0 Å². The molecule has 98 valence electrons. The van der Waals surface area contributed by atoms with Crippen LogP contribution in [0.15, 0.2) is 29.6 Å². The molecule has 1 saturated carbocycles. The zero-order valence-corrected chi connectivity index (χ0v) is 11.8. The van der Waals surface area contributed by atoms with Gasteiger partial charge < -0.3 is 5.32 Å². The van der Waals surface area contributed by atoms with Crippen molar-refractivity contribution in [2.24, 2.45) is 0 Å². The third-order valence-corrected chi connectivity index (χ3v) is 4.22. The van der Waals surface area contributed by atoms with Gasteiger partial charge in [0, 0.05) is 16.3 Å². The summed E-state index contributed by atoms with van der Waals surface area (Å²) >= 11 is 7.52. The summed E-state index contributed by atoms with van der Waals surface area (Å²) in [7, 11) is 0. The first kappa shape index (κ1) is 12.6. The zero-order valence-electron chi connectivity index (χ0n) is 10.2. The fraction of sp³-hybridized carbons (Fsp3) is 0.286. The van der Waals surface area contributed by atoms with Crippen LogP contribution in [0.5, 0.6) is 0 Å². The highest BCUT2D eigenvalue weighted by molar-refractivity contribution is 7.13. The van der Waals surface area contributed by atoms with E-state index >= 15 is 0 Å². The third-order valence-electron chi connectivity index (χ3n) is 3.07. The maximum absolute atomic E-state index is 11.9. The molecule has 3 rings (SSSR count). The van der Waals surface area contributed by atoms with E-state index in [-0.39, 0.29) is 12.3 Å². The Kier molecular flexibility index (Phi) is 3.53. The average Bonchev–Trinajstić information content (AvgIpc) is 3.14. The van der Waals surface area contributed by atoms with E-state index in [4.69, 9.17) is 11.6 Å². The Balaban J connectivity index is 1.62. The summed E-state index contributed by atoms with van der Waals surface area (Å²) in [6.07, 6.45) is 2.71. The van der Waals surface area contributed by atoms with E-state index in [1.54, 1.807) is 6.07 Å². The molecule has 19 heavy (non-hydrogen) atoms. The Morgan fingerprint density at radius 2 is 2.21 bits per heavy atom. The van der Waals surface area contributed by atoms with Gasteiger partial charge in [0.05, 0.1) is 12.1 Å². The molecule has 1 N–H and O–H groups in total. The first-order valence-corrected chi connectivity index (χ1v) is 7.47. The number of thiazole rings is 1. The molecule has 1 heterocycles. The summed E-state index contributed by atoms with van der Waals surface area (Å²) in [5.41, 5.74) is 1.94. The molecule has 1 aromatic heterocycles. The molecule has 3 nitrogen and oxygen atoms in total. The van der Waals surface area contributed by atoms with Crippen molar-refractivity contribution in [1.82, 2.24) is 4.98 Å². The molecule has 0 saturated heterocycles. The van der Waals surface area contributed by atoms with Crippen molar-refractivity contribution >= 4 is 34.0 Å². The van der Waals surface area contributed by atoms with Crippen LogP contribution in [-0.2, 0) is 11.2 Å². The Bertz CT molecular complexity index is 607. The molecule has 0 bridgehead atoms. The Hall–Kier alpha value is -1.39. The smallest absolute Gasteiger partial charge is 0.230 e. The van der Waals surface area contributed by atoms with Gasteiger partial charge in [-0.25, -0.2) is 4.98 Å². The average molecular weight is 293 g/mol. The molecule has 0 aliphatic heterocycles. The molecule has 0 atom stereocenters. The fourth-order valence-electron chi connectivity index (χ4n) is 1.89. The van der Waals surface area contributed by atoms with Gasteiger partial charge in [-0.05, 0) is 24.5 Å². The zero-order chi connectivity index (χ0) is 13.2. The van der Waals surface area contributed by atoms with Gasteiger partial charge in [-0.3, -0.25) is 4.79 Å². The first-order valence-electron chi connectivity index (χ1n) is 6.21. The minimum atomic E-state index is -0.0789. The number of nitrogens with zero attached hydrogens (tertiary/aromatic N) is 1. The van der Waals surface area contributed by atoms with E-state index in [1.807, 2.05) is 23.6 Å². The SMILES string of the molecule is O=C(Cc1ccccc1Cl)Nc1nc(C2CC2)cs1. The van der Waals surface area contributed by atoms with Gasteiger partial charge in [0.15, 0.2) is 5.13 Å². The van der Waals surface area contributed by atoms with Gasteiger partial charge in [0.25, 0.3) is 0 Å². The van der Waals surface area contributed by atoms with Crippen LogP contribution in [0.1, 0.15) is 30.0 Å². The van der Waals surface area contributed by atoms with Gasteiger partial charge in [-0.15, -0.1) is 11.3 Å². The first-order chi connectivity index (χ1) is 9.22. The lowest BCUT2D eigenvalue weighted by Crippen LogP contribution is -2.14. The predicted molar refractivity (Wildman–Crippen MR) is 77.9 cm³/mol. The lowest BCUT2D eigenvalue weighted by atomic mass is 10.1. The molecule has 1 amide bonds. The largest absolute Gasteiger partial charge is 0.302 e. The standard InChI is InChI=1S/C14H13ClN2OS/c15-11-4-2-1-3-10(11)7-13(18)17-14-16-12(8-19-14)9-5-6-9/h1-4,8-9H,5-7H2,(H,16,17,18). The highest BCUT2D eigenvalue weighted by Gasteiger charge is 2.26. The Morgan fingerprint density at radius 3 is 2.95 bits per heavy atom. The number of amides is 1. The van der Waals surface area contributed by atoms with Gasteiger partial charge in [-0.2, -0.15) is 0 Å². The van der Waals surface area contributed by atoms with Crippen LogP contribution in [0.3, 0.4) is 0 Å². The normalized spacial score (nSPS) is 14.4. The van der Waals surface area contributed by atoms with Crippen LogP contribution in [0, 0.1) is 0 Å². The van der Waals surface area contributed by atoms with Crippen molar-refractivity contribution in [3.63, 3.8) is 0 Å². The number of benzene rings is 1. The summed E-state index contributed by atoms with van der Waals surface area (Å²) in [6.45, 7) is 0. The summed E-state index contributed by atoms with van der Waals surface area (Å²) in [5, 5.41) is 6.16. The van der Waals surface area contributed by atoms with E-state index in [0.29, 0.717) is 16.1 Å².